The third-order valence-electron chi connectivity index (χ3n) is 3.18. The van der Waals surface area contributed by atoms with Crippen LogP contribution in [0.3, 0.4) is 0 Å². The van der Waals surface area contributed by atoms with E-state index in [2.05, 4.69) is 12.2 Å². The van der Waals surface area contributed by atoms with Crippen molar-refractivity contribution in [2.45, 2.75) is 44.8 Å². The molecule has 1 aliphatic carbocycles. The summed E-state index contributed by atoms with van der Waals surface area (Å²) in [5.74, 6) is 0. The van der Waals surface area contributed by atoms with E-state index in [1.165, 1.54) is 6.42 Å². The number of hydrogen-bond donors (Lipinski definition) is 1. The van der Waals surface area contributed by atoms with Crippen LogP contribution >= 0.6 is 0 Å². The average molecular weight is 201 g/mol. The van der Waals surface area contributed by atoms with Crippen molar-refractivity contribution in [3.63, 3.8) is 0 Å². The lowest BCUT2D eigenvalue weighted by atomic mass is 9.74. The topological polar surface area (TPSA) is 30.5 Å². The Kier molecular flexibility index (Phi) is 4.85. The second kappa shape index (κ2) is 5.69. The van der Waals surface area contributed by atoms with Gasteiger partial charge >= 0.3 is 0 Å². The Morgan fingerprint density at radius 2 is 2.07 bits per heavy atom. The molecule has 1 atom stereocenters. The standard InChI is InChI=1S/C11H23NO2/c1-4-12-10(9-14-5-2)11(13-3)7-6-8-11/h10,12H,4-9H2,1-3H3. The monoisotopic (exact) mass is 201 g/mol. The van der Waals surface area contributed by atoms with Crippen LogP contribution in [0.25, 0.3) is 0 Å². The Balaban J connectivity index is 2.46. The third-order valence-corrected chi connectivity index (χ3v) is 3.18. The van der Waals surface area contributed by atoms with Crippen molar-refractivity contribution in [3.8, 4) is 0 Å². The van der Waals surface area contributed by atoms with Gasteiger partial charge in [0.25, 0.3) is 0 Å². The molecule has 0 heterocycles. The van der Waals surface area contributed by atoms with Gasteiger partial charge in [0.15, 0.2) is 0 Å². The summed E-state index contributed by atoms with van der Waals surface area (Å²) in [5, 5.41) is 3.46. The summed E-state index contributed by atoms with van der Waals surface area (Å²) in [5.41, 5.74) is 0.0468. The minimum atomic E-state index is 0.0468. The first-order valence-electron chi connectivity index (χ1n) is 5.65. The highest BCUT2D eigenvalue weighted by atomic mass is 16.5. The van der Waals surface area contributed by atoms with Gasteiger partial charge in [-0.1, -0.05) is 6.92 Å². The van der Waals surface area contributed by atoms with Crippen LogP contribution in [0.2, 0.25) is 0 Å². The van der Waals surface area contributed by atoms with E-state index < -0.39 is 0 Å². The molecular weight excluding hydrogens is 178 g/mol. The number of methoxy groups -OCH3 is 1. The van der Waals surface area contributed by atoms with Crippen molar-refractivity contribution in [1.82, 2.24) is 5.32 Å². The summed E-state index contributed by atoms with van der Waals surface area (Å²) in [4.78, 5) is 0. The molecule has 0 aliphatic heterocycles. The predicted octanol–water partition coefficient (Wildman–Crippen LogP) is 1.57. The van der Waals surface area contributed by atoms with E-state index in [-0.39, 0.29) is 5.60 Å². The quantitative estimate of drug-likeness (QED) is 0.678. The van der Waals surface area contributed by atoms with E-state index in [9.17, 15) is 0 Å². The molecule has 14 heavy (non-hydrogen) atoms. The van der Waals surface area contributed by atoms with Crippen molar-refractivity contribution < 1.29 is 9.47 Å². The molecule has 0 bridgehead atoms. The highest BCUT2D eigenvalue weighted by Gasteiger charge is 2.44. The number of rotatable bonds is 7. The predicted molar refractivity (Wildman–Crippen MR) is 57.5 cm³/mol. The molecule has 0 amide bonds. The molecule has 1 N–H and O–H groups in total. The molecule has 0 saturated heterocycles. The van der Waals surface area contributed by atoms with Crippen LogP contribution < -0.4 is 5.32 Å². The van der Waals surface area contributed by atoms with E-state index in [1.54, 1.807) is 0 Å². The summed E-state index contributed by atoms with van der Waals surface area (Å²) in [6.45, 7) is 6.67. The van der Waals surface area contributed by atoms with Crippen LogP contribution in [0.15, 0.2) is 0 Å². The molecule has 0 spiro atoms. The summed E-state index contributed by atoms with van der Waals surface area (Å²) in [6.07, 6.45) is 3.60. The molecule has 0 aromatic heterocycles. The third kappa shape index (κ3) is 2.47. The average Bonchev–Trinajstić information content (AvgIpc) is 2.13. The maximum atomic E-state index is 5.64. The first kappa shape index (κ1) is 12.0. The van der Waals surface area contributed by atoms with Gasteiger partial charge in [0.05, 0.1) is 18.2 Å². The van der Waals surface area contributed by atoms with Crippen molar-refractivity contribution in [1.29, 1.82) is 0 Å². The Hall–Kier alpha value is -0.120. The fourth-order valence-electron chi connectivity index (χ4n) is 2.10. The largest absolute Gasteiger partial charge is 0.380 e. The van der Waals surface area contributed by atoms with Gasteiger partial charge in [-0.25, -0.2) is 0 Å². The van der Waals surface area contributed by atoms with Gasteiger partial charge < -0.3 is 14.8 Å². The molecule has 84 valence electrons. The van der Waals surface area contributed by atoms with Crippen molar-refractivity contribution in [2.75, 3.05) is 26.9 Å². The van der Waals surface area contributed by atoms with Crippen LogP contribution in [0.4, 0.5) is 0 Å². The maximum Gasteiger partial charge on any atom is 0.0853 e. The molecule has 3 heteroatoms. The van der Waals surface area contributed by atoms with E-state index >= 15 is 0 Å². The molecule has 3 nitrogen and oxygen atoms in total. The second-order valence-electron chi connectivity index (χ2n) is 3.89. The van der Waals surface area contributed by atoms with Crippen molar-refractivity contribution in [3.05, 3.63) is 0 Å². The molecule has 0 aromatic carbocycles. The van der Waals surface area contributed by atoms with Gasteiger partial charge in [-0.05, 0) is 32.7 Å². The van der Waals surface area contributed by atoms with E-state index in [4.69, 9.17) is 9.47 Å². The zero-order valence-corrected chi connectivity index (χ0v) is 9.64. The molecule has 1 aliphatic rings. The van der Waals surface area contributed by atoms with Crippen LogP contribution in [-0.2, 0) is 9.47 Å². The molecule has 1 rings (SSSR count). The first-order chi connectivity index (χ1) is 6.79. The van der Waals surface area contributed by atoms with Crippen molar-refractivity contribution in [2.24, 2.45) is 0 Å². The van der Waals surface area contributed by atoms with E-state index in [1.807, 2.05) is 14.0 Å². The molecule has 0 radical (unpaired) electrons. The van der Waals surface area contributed by atoms with Gasteiger partial charge in [0, 0.05) is 13.7 Å². The second-order valence-corrected chi connectivity index (χ2v) is 3.89. The highest BCUT2D eigenvalue weighted by molar-refractivity contribution is 4.99. The van der Waals surface area contributed by atoms with Crippen molar-refractivity contribution >= 4 is 0 Å². The minimum absolute atomic E-state index is 0.0468. The first-order valence-corrected chi connectivity index (χ1v) is 5.65. The number of likely N-dealkylation sites (N-methyl/N-ethyl adjacent to an activating group) is 1. The van der Waals surface area contributed by atoms with Gasteiger partial charge in [0.2, 0.25) is 0 Å². The van der Waals surface area contributed by atoms with E-state index in [0.717, 1.165) is 32.6 Å². The zero-order chi connectivity index (χ0) is 10.4. The zero-order valence-electron chi connectivity index (χ0n) is 9.64. The SMILES string of the molecule is CCNC(COCC)C1(OC)CCC1. The number of nitrogens with one attached hydrogen (secondary N) is 1. The van der Waals surface area contributed by atoms with Crippen LogP contribution in [0.1, 0.15) is 33.1 Å². The minimum Gasteiger partial charge on any atom is -0.380 e. The number of hydrogen-bond acceptors (Lipinski definition) is 3. The molecule has 1 unspecified atom stereocenters. The summed E-state index contributed by atoms with van der Waals surface area (Å²) in [6, 6.07) is 0.353. The normalized spacial score (nSPS) is 21.6. The van der Waals surface area contributed by atoms with Crippen LogP contribution in [0, 0.1) is 0 Å². The lowest BCUT2D eigenvalue weighted by Crippen LogP contribution is -2.58. The highest BCUT2D eigenvalue weighted by Crippen LogP contribution is 2.38. The summed E-state index contributed by atoms with van der Waals surface area (Å²) >= 11 is 0. The molecule has 0 aromatic rings. The summed E-state index contributed by atoms with van der Waals surface area (Å²) < 4.78 is 11.1. The molecule has 1 saturated carbocycles. The molecular formula is C11H23NO2. The van der Waals surface area contributed by atoms with Crippen LogP contribution in [0.5, 0.6) is 0 Å². The lowest BCUT2D eigenvalue weighted by Gasteiger charge is -2.46. The fourth-order valence-corrected chi connectivity index (χ4v) is 2.10. The smallest absolute Gasteiger partial charge is 0.0853 e. The Morgan fingerprint density at radius 1 is 1.36 bits per heavy atom. The number of ether oxygens (including phenoxy) is 2. The van der Waals surface area contributed by atoms with Gasteiger partial charge in [-0.15, -0.1) is 0 Å². The maximum absolute atomic E-state index is 5.64. The summed E-state index contributed by atoms with van der Waals surface area (Å²) in [7, 11) is 1.81. The van der Waals surface area contributed by atoms with Gasteiger partial charge in [-0.2, -0.15) is 0 Å². The van der Waals surface area contributed by atoms with E-state index in [0.29, 0.717) is 6.04 Å². The molecule has 1 fully saturated rings. The van der Waals surface area contributed by atoms with Crippen LogP contribution in [-0.4, -0.2) is 38.5 Å². The Morgan fingerprint density at radius 3 is 2.43 bits per heavy atom. The van der Waals surface area contributed by atoms with Gasteiger partial charge in [-0.3, -0.25) is 0 Å². The Bertz CT molecular complexity index is 152. The Labute approximate surface area is 87.2 Å². The fraction of sp³-hybridized carbons (Fsp3) is 1.00. The van der Waals surface area contributed by atoms with Gasteiger partial charge in [0.1, 0.15) is 0 Å². The lowest BCUT2D eigenvalue weighted by molar-refractivity contribution is -0.113.